The van der Waals surface area contributed by atoms with Crippen LogP contribution < -0.4 is 4.90 Å². The highest BCUT2D eigenvalue weighted by molar-refractivity contribution is 5.87. The quantitative estimate of drug-likeness (QED) is 0.751. The van der Waals surface area contributed by atoms with E-state index in [4.69, 9.17) is 13.9 Å². The van der Waals surface area contributed by atoms with E-state index in [1.807, 2.05) is 13.1 Å². The topological polar surface area (TPSA) is 55.2 Å². The van der Waals surface area contributed by atoms with E-state index >= 15 is 0 Å². The molecule has 1 aliphatic rings. The van der Waals surface area contributed by atoms with E-state index in [0.717, 1.165) is 38.4 Å². The molecule has 1 saturated heterocycles. The van der Waals surface area contributed by atoms with Gasteiger partial charge in [-0.3, -0.25) is 4.90 Å². The molecule has 0 saturated carbocycles. The van der Waals surface area contributed by atoms with Gasteiger partial charge in [0.05, 0.1) is 26.6 Å². The van der Waals surface area contributed by atoms with Gasteiger partial charge in [-0.25, -0.2) is 4.79 Å². The predicted molar refractivity (Wildman–Crippen MR) is 94.7 cm³/mol. The number of methoxy groups -OCH3 is 1. The van der Waals surface area contributed by atoms with Crippen LogP contribution in [0.5, 0.6) is 0 Å². The fourth-order valence-electron chi connectivity index (χ4n) is 3.02. The Labute approximate surface area is 147 Å². The number of ether oxygens (including phenoxy) is 2. The molecule has 25 heavy (non-hydrogen) atoms. The summed E-state index contributed by atoms with van der Waals surface area (Å²) in [6.45, 7) is 4.86. The molecule has 0 spiro atoms. The Kier molecular flexibility index (Phi) is 5.73. The van der Waals surface area contributed by atoms with Crippen LogP contribution in [-0.2, 0) is 22.6 Å². The van der Waals surface area contributed by atoms with Crippen LogP contribution in [0.15, 0.2) is 41.0 Å². The molecule has 1 aromatic heterocycles. The van der Waals surface area contributed by atoms with E-state index < -0.39 is 5.97 Å². The van der Waals surface area contributed by atoms with Gasteiger partial charge in [0.15, 0.2) is 0 Å². The molecular weight excluding hydrogens is 320 g/mol. The molecule has 0 amide bonds. The van der Waals surface area contributed by atoms with E-state index in [2.05, 4.69) is 34.1 Å². The second-order valence-electron chi connectivity index (χ2n) is 6.20. The summed E-state index contributed by atoms with van der Waals surface area (Å²) in [5.74, 6) is -0.166. The van der Waals surface area contributed by atoms with E-state index in [9.17, 15) is 4.79 Å². The van der Waals surface area contributed by atoms with Crippen LogP contribution in [0.25, 0.3) is 0 Å². The number of esters is 1. The Morgan fingerprint density at radius 2 is 1.88 bits per heavy atom. The summed E-state index contributed by atoms with van der Waals surface area (Å²) in [5, 5.41) is 0. The number of benzene rings is 1. The maximum Gasteiger partial charge on any atom is 0.374 e. The van der Waals surface area contributed by atoms with Crippen molar-refractivity contribution in [1.29, 1.82) is 0 Å². The predicted octanol–water partition coefficient (Wildman–Crippen LogP) is 2.53. The highest BCUT2D eigenvalue weighted by atomic mass is 16.5. The molecule has 0 bridgehead atoms. The fraction of sp³-hybridized carbons (Fsp3) is 0.421. The maximum absolute atomic E-state index is 11.7. The maximum atomic E-state index is 11.7. The largest absolute Gasteiger partial charge is 0.463 e. The Morgan fingerprint density at radius 1 is 1.16 bits per heavy atom. The van der Waals surface area contributed by atoms with Crippen molar-refractivity contribution in [3.63, 3.8) is 0 Å². The molecule has 2 aromatic rings. The smallest absolute Gasteiger partial charge is 0.374 e. The number of morpholine rings is 1. The van der Waals surface area contributed by atoms with E-state index in [1.54, 1.807) is 0 Å². The van der Waals surface area contributed by atoms with E-state index in [1.165, 1.54) is 24.6 Å². The Hall–Kier alpha value is -2.31. The average Bonchev–Trinajstić information content (AvgIpc) is 3.10. The van der Waals surface area contributed by atoms with Gasteiger partial charge in [0.25, 0.3) is 0 Å². The third-order valence-corrected chi connectivity index (χ3v) is 4.32. The molecule has 1 fully saturated rings. The lowest BCUT2D eigenvalue weighted by Crippen LogP contribution is -2.36. The fourth-order valence-corrected chi connectivity index (χ4v) is 3.02. The van der Waals surface area contributed by atoms with Crippen LogP contribution in [0.4, 0.5) is 5.69 Å². The molecule has 2 heterocycles. The first-order valence-electron chi connectivity index (χ1n) is 8.42. The molecule has 0 unspecified atom stereocenters. The molecule has 0 atom stereocenters. The van der Waals surface area contributed by atoms with Crippen molar-refractivity contribution < 1.29 is 18.7 Å². The number of hydrogen-bond acceptors (Lipinski definition) is 6. The van der Waals surface area contributed by atoms with Crippen LogP contribution in [0.1, 0.15) is 21.7 Å². The minimum Gasteiger partial charge on any atom is -0.463 e. The van der Waals surface area contributed by atoms with Gasteiger partial charge in [0.1, 0.15) is 0 Å². The molecule has 1 aromatic carbocycles. The van der Waals surface area contributed by atoms with Gasteiger partial charge in [-0.05, 0) is 30.8 Å². The second kappa shape index (κ2) is 8.18. The molecule has 0 aliphatic carbocycles. The summed E-state index contributed by atoms with van der Waals surface area (Å²) in [7, 11) is 3.37. The third kappa shape index (κ3) is 4.41. The molecule has 0 N–H and O–H groups in total. The Balaban J connectivity index is 1.58. The number of anilines is 1. The van der Waals surface area contributed by atoms with Gasteiger partial charge < -0.3 is 18.8 Å². The van der Waals surface area contributed by atoms with Gasteiger partial charge in [-0.1, -0.05) is 12.1 Å². The Morgan fingerprint density at radius 3 is 2.56 bits per heavy atom. The van der Waals surface area contributed by atoms with Crippen LogP contribution in [0.3, 0.4) is 0 Å². The monoisotopic (exact) mass is 344 g/mol. The lowest BCUT2D eigenvalue weighted by Gasteiger charge is -2.29. The number of carbonyl (C=O) groups excluding carboxylic acids is 1. The summed E-state index contributed by atoms with van der Waals surface area (Å²) in [4.78, 5) is 16.2. The van der Waals surface area contributed by atoms with Crippen molar-refractivity contribution in [2.75, 3.05) is 45.4 Å². The summed E-state index contributed by atoms with van der Waals surface area (Å²) in [6, 6.07) is 10.4. The zero-order valence-electron chi connectivity index (χ0n) is 14.7. The molecule has 6 nitrogen and oxygen atoms in total. The lowest BCUT2D eigenvalue weighted by atomic mass is 10.1. The van der Waals surface area contributed by atoms with Crippen LogP contribution >= 0.6 is 0 Å². The number of hydrogen-bond donors (Lipinski definition) is 0. The Bertz CT molecular complexity index is 690. The molecular formula is C19H24N2O4. The van der Waals surface area contributed by atoms with Gasteiger partial charge in [0, 0.05) is 37.4 Å². The van der Waals surface area contributed by atoms with Gasteiger partial charge in [-0.15, -0.1) is 0 Å². The SMILES string of the molecule is COC(=O)c1occc1CN(C)Cc1ccc(N2CCOCC2)cc1. The normalized spacial score (nSPS) is 14.8. The highest BCUT2D eigenvalue weighted by Crippen LogP contribution is 2.19. The summed E-state index contributed by atoms with van der Waals surface area (Å²) < 4.78 is 15.4. The van der Waals surface area contributed by atoms with Crippen molar-refractivity contribution in [3.05, 3.63) is 53.5 Å². The molecule has 1 aliphatic heterocycles. The minimum atomic E-state index is -0.441. The van der Waals surface area contributed by atoms with Crippen molar-refractivity contribution >= 4 is 11.7 Å². The number of furan rings is 1. The van der Waals surface area contributed by atoms with Gasteiger partial charge in [-0.2, -0.15) is 0 Å². The van der Waals surface area contributed by atoms with Gasteiger partial charge >= 0.3 is 5.97 Å². The third-order valence-electron chi connectivity index (χ3n) is 4.32. The number of nitrogens with zero attached hydrogens (tertiary/aromatic N) is 2. The molecule has 0 radical (unpaired) electrons. The second-order valence-corrected chi connectivity index (χ2v) is 6.20. The van der Waals surface area contributed by atoms with Crippen LogP contribution in [-0.4, -0.2) is 51.3 Å². The van der Waals surface area contributed by atoms with Crippen molar-refractivity contribution in [3.8, 4) is 0 Å². The lowest BCUT2D eigenvalue weighted by molar-refractivity contribution is 0.0562. The number of carbonyl (C=O) groups is 1. The first-order chi connectivity index (χ1) is 12.2. The minimum absolute atomic E-state index is 0.275. The van der Waals surface area contributed by atoms with Crippen LogP contribution in [0.2, 0.25) is 0 Å². The average molecular weight is 344 g/mol. The zero-order chi connectivity index (χ0) is 17.6. The number of rotatable bonds is 6. The first-order valence-corrected chi connectivity index (χ1v) is 8.42. The molecule has 3 rings (SSSR count). The standard InChI is InChI=1S/C19H24N2O4/c1-20(14-16-7-10-25-18(16)19(22)23-2)13-15-3-5-17(6-4-15)21-8-11-24-12-9-21/h3-7,10H,8-9,11-14H2,1-2H3. The molecule has 6 heteroatoms. The summed E-state index contributed by atoms with van der Waals surface area (Å²) in [5.41, 5.74) is 3.29. The van der Waals surface area contributed by atoms with Crippen molar-refractivity contribution in [2.24, 2.45) is 0 Å². The van der Waals surface area contributed by atoms with E-state index in [0.29, 0.717) is 6.54 Å². The zero-order valence-corrected chi connectivity index (χ0v) is 14.7. The molecule has 134 valence electrons. The van der Waals surface area contributed by atoms with Crippen LogP contribution in [0, 0.1) is 0 Å². The van der Waals surface area contributed by atoms with E-state index in [-0.39, 0.29) is 5.76 Å². The first kappa shape index (κ1) is 17.5. The summed E-state index contributed by atoms with van der Waals surface area (Å²) >= 11 is 0. The highest BCUT2D eigenvalue weighted by Gasteiger charge is 2.17. The van der Waals surface area contributed by atoms with Crippen molar-refractivity contribution in [1.82, 2.24) is 4.90 Å². The van der Waals surface area contributed by atoms with Gasteiger partial charge in [0.2, 0.25) is 5.76 Å². The summed E-state index contributed by atoms with van der Waals surface area (Å²) in [6.07, 6.45) is 1.52. The van der Waals surface area contributed by atoms with Crippen molar-refractivity contribution in [2.45, 2.75) is 13.1 Å².